The van der Waals surface area contributed by atoms with Crippen molar-refractivity contribution in [3.05, 3.63) is 35.9 Å². The quantitative estimate of drug-likeness (QED) is 0.814. The van der Waals surface area contributed by atoms with Crippen molar-refractivity contribution in [2.24, 2.45) is 5.92 Å². The van der Waals surface area contributed by atoms with Gasteiger partial charge in [-0.3, -0.25) is 5.32 Å². The van der Waals surface area contributed by atoms with E-state index in [2.05, 4.69) is 5.32 Å². The Bertz CT molecular complexity index is 375. The lowest BCUT2D eigenvalue weighted by Gasteiger charge is -2.34. The second-order valence-electron chi connectivity index (χ2n) is 5.47. The molecular formula is C15H23NO2. The summed E-state index contributed by atoms with van der Waals surface area (Å²) < 4.78 is 0. The number of benzene rings is 1. The first-order valence-electron chi connectivity index (χ1n) is 6.45. The summed E-state index contributed by atoms with van der Waals surface area (Å²) in [5.74, 6) is -0.511. The van der Waals surface area contributed by atoms with Gasteiger partial charge in [0.2, 0.25) is 0 Å². The van der Waals surface area contributed by atoms with Crippen LogP contribution >= 0.6 is 0 Å². The summed E-state index contributed by atoms with van der Waals surface area (Å²) in [6.07, 6.45) is 0.574. The molecule has 0 fully saturated rings. The van der Waals surface area contributed by atoms with Crippen molar-refractivity contribution in [1.82, 2.24) is 5.32 Å². The van der Waals surface area contributed by atoms with Crippen LogP contribution in [0, 0.1) is 5.92 Å². The molecule has 1 aromatic carbocycles. The minimum Gasteiger partial charge on any atom is -0.480 e. The minimum atomic E-state index is -0.996. The van der Waals surface area contributed by atoms with Crippen LogP contribution in [0.2, 0.25) is 0 Å². The van der Waals surface area contributed by atoms with Crippen LogP contribution in [0.1, 0.15) is 39.7 Å². The Morgan fingerprint density at radius 3 is 2.17 bits per heavy atom. The van der Waals surface area contributed by atoms with E-state index in [1.54, 1.807) is 0 Å². The molecule has 2 N–H and O–H groups in total. The van der Waals surface area contributed by atoms with Crippen LogP contribution in [-0.4, -0.2) is 17.1 Å². The van der Waals surface area contributed by atoms with Crippen LogP contribution in [0.15, 0.2) is 30.3 Å². The maximum atomic E-state index is 11.8. The number of hydrogen-bond donors (Lipinski definition) is 2. The summed E-state index contributed by atoms with van der Waals surface area (Å²) in [5.41, 5.74) is -0.177. The van der Waals surface area contributed by atoms with Gasteiger partial charge in [-0.25, -0.2) is 4.79 Å². The third-order valence-corrected chi connectivity index (χ3v) is 2.88. The van der Waals surface area contributed by atoms with Crippen LogP contribution in [0.25, 0.3) is 0 Å². The summed E-state index contributed by atoms with van der Waals surface area (Å²) in [7, 11) is 0. The van der Waals surface area contributed by atoms with Crippen LogP contribution in [0.3, 0.4) is 0 Å². The third-order valence-electron chi connectivity index (χ3n) is 2.88. The predicted molar refractivity (Wildman–Crippen MR) is 73.5 cm³/mol. The van der Waals surface area contributed by atoms with Crippen LogP contribution in [0.4, 0.5) is 0 Å². The summed E-state index contributed by atoms with van der Waals surface area (Å²) >= 11 is 0. The molecule has 0 aliphatic heterocycles. The van der Waals surface area contributed by atoms with E-state index in [0.717, 1.165) is 5.56 Å². The molecule has 0 spiro atoms. The average molecular weight is 249 g/mol. The van der Waals surface area contributed by atoms with Gasteiger partial charge in [-0.05, 0) is 31.7 Å². The molecule has 0 amide bonds. The smallest absolute Gasteiger partial charge is 0.328 e. The minimum absolute atomic E-state index is 0.111. The highest BCUT2D eigenvalue weighted by atomic mass is 16.4. The predicted octanol–water partition coefficient (Wildman–Crippen LogP) is 3.01. The molecule has 0 heterocycles. The Labute approximate surface area is 109 Å². The van der Waals surface area contributed by atoms with Gasteiger partial charge in [-0.15, -0.1) is 0 Å². The number of carbonyl (C=O) groups is 1. The van der Waals surface area contributed by atoms with Crippen molar-refractivity contribution >= 4 is 5.97 Å². The second-order valence-corrected chi connectivity index (χ2v) is 5.47. The zero-order chi connectivity index (χ0) is 13.8. The largest absolute Gasteiger partial charge is 0.480 e. The van der Waals surface area contributed by atoms with Crippen LogP contribution in [-0.2, 0) is 10.3 Å². The Morgan fingerprint density at radius 2 is 1.78 bits per heavy atom. The molecule has 0 saturated heterocycles. The fraction of sp³-hybridized carbons (Fsp3) is 0.533. The molecule has 0 aliphatic carbocycles. The van der Waals surface area contributed by atoms with E-state index < -0.39 is 11.5 Å². The fourth-order valence-corrected chi connectivity index (χ4v) is 2.36. The highest BCUT2D eigenvalue weighted by Crippen LogP contribution is 2.29. The molecule has 0 saturated carbocycles. The molecule has 0 bridgehead atoms. The van der Waals surface area contributed by atoms with Crippen molar-refractivity contribution in [2.45, 2.75) is 45.7 Å². The van der Waals surface area contributed by atoms with Gasteiger partial charge in [0.05, 0.1) is 0 Å². The third kappa shape index (κ3) is 3.33. The molecule has 0 aromatic heterocycles. The monoisotopic (exact) mass is 249 g/mol. The molecule has 1 aromatic rings. The van der Waals surface area contributed by atoms with Crippen molar-refractivity contribution in [2.75, 3.05) is 0 Å². The first-order valence-corrected chi connectivity index (χ1v) is 6.45. The number of aliphatic carboxylic acids is 1. The topological polar surface area (TPSA) is 49.3 Å². The van der Waals surface area contributed by atoms with E-state index in [-0.39, 0.29) is 6.04 Å². The van der Waals surface area contributed by atoms with Crippen molar-refractivity contribution in [3.63, 3.8) is 0 Å². The van der Waals surface area contributed by atoms with E-state index >= 15 is 0 Å². The summed E-state index contributed by atoms with van der Waals surface area (Å²) in [6, 6.07) is 9.55. The highest BCUT2D eigenvalue weighted by molar-refractivity contribution is 5.80. The molecule has 3 nitrogen and oxygen atoms in total. The van der Waals surface area contributed by atoms with Gasteiger partial charge in [0.1, 0.15) is 5.54 Å². The molecule has 18 heavy (non-hydrogen) atoms. The number of carboxylic acids is 1. The summed E-state index contributed by atoms with van der Waals surface area (Å²) in [5, 5.41) is 13.0. The molecule has 3 heteroatoms. The highest BCUT2D eigenvalue weighted by Gasteiger charge is 2.41. The van der Waals surface area contributed by atoms with Crippen molar-refractivity contribution in [3.8, 4) is 0 Å². The zero-order valence-corrected chi connectivity index (χ0v) is 11.6. The molecule has 0 radical (unpaired) electrons. The SMILES string of the molecule is CC(C)CC(NC(C)C)(C(=O)O)c1ccccc1. The number of carboxylic acid groups (broad SMARTS) is 1. The lowest BCUT2D eigenvalue weighted by atomic mass is 9.81. The Morgan fingerprint density at radius 1 is 1.22 bits per heavy atom. The van der Waals surface area contributed by atoms with Crippen molar-refractivity contribution < 1.29 is 9.90 Å². The zero-order valence-electron chi connectivity index (χ0n) is 11.6. The number of hydrogen-bond acceptors (Lipinski definition) is 2. The molecular weight excluding hydrogens is 226 g/mol. The van der Waals surface area contributed by atoms with Gasteiger partial charge in [0, 0.05) is 6.04 Å². The Balaban J connectivity index is 3.24. The Kier molecular flexibility index (Phi) is 4.91. The van der Waals surface area contributed by atoms with Gasteiger partial charge in [-0.2, -0.15) is 0 Å². The van der Waals surface area contributed by atoms with Gasteiger partial charge >= 0.3 is 5.97 Å². The van der Waals surface area contributed by atoms with E-state index in [1.807, 2.05) is 58.0 Å². The molecule has 1 unspecified atom stereocenters. The first kappa shape index (κ1) is 14.7. The number of nitrogens with one attached hydrogen (secondary N) is 1. The number of rotatable bonds is 6. The summed E-state index contributed by atoms with van der Waals surface area (Å²) in [4.78, 5) is 11.8. The lowest BCUT2D eigenvalue weighted by Crippen LogP contribution is -2.52. The average Bonchev–Trinajstić information content (AvgIpc) is 2.27. The maximum absolute atomic E-state index is 11.8. The standard InChI is InChI=1S/C15H23NO2/c1-11(2)10-15(14(17)18,16-12(3)4)13-8-6-5-7-9-13/h5-9,11-12,16H,10H2,1-4H3,(H,17,18). The van der Waals surface area contributed by atoms with E-state index in [4.69, 9.17) is 0 Å². The second kappa shape index (κ2) is 6.01. The van der Waals surface area contributed by atoms with E-state index in [0.29, 0.717) is 12.3 Å². The van der Waals surface area contributed by atoms with Gasteiger partial charge in [-0.1, -0.05) is 44.2 Å². The molecule has 1 atom stereocenters. The molecule has 100 valence electrons. The van der Waals surface area contributed by atoms with Gasteiger partial charge < -0.3 is 5.11 Å². The van der Waals surface area contributed by atoms with Gasteiger partial charge in [0.25, 0.3) is 0 Å². The van der Waals surface area contributed by atoms with E-state index in [1.165, 1.54) is 0 Å². The Hall–Kier alpha value is -1.35. The van der Waals surface area contributed by atoms with Crippen LogP contribution < -0.4 is 5.32 Å². The normalized spacial score (nSPS) is 14.8. The van der Waals surface area contributed by atoms with Crippen LogP contribution in [0.5, 0.6) is 0 Å². The van der Waals surface area contributed by atoms with E-state index in [9.17, 15) is 9.90 Å². The first-order chi connectivity index (χ1) is 8.38. The summed E-state index contributed by atoms with van der Waals surface area (Å²) in [6.45, 7) is 8.03. The van der Waals surface area contributed by atoms with Crippen molar-refractivity contribution in [1.29, 1.82) is 0 Å². The fourth-order valence-electron chi connectivity index (χ4n) is 2.36. The molecule has 0 aliphatic rings. The maximum Gasteiger partial charge on any atom is 0.328 e. The molecule has 1 rings (SSSR count). The lowest BCUT2D eigenvalue weighted by molar-refractivity contribution is -0.146. The van der Waals surface area contributed by atoms with Gasteiger partial charge in [0.15, 0.2) is 0 Å².